The van der Waals surface area contributed by atoms with E-state index in [-0.39, 0.29) is 0 Å². The largest absolute Gasteiger partial charge is 0.491 e. The highest BCUT2D eigenvalue weighted by atomic mass is 16.5. The minimum absolute atomic E-state index is 0.374. The first-order valence-electron chi connectivity index (χ1n) is 7.55. The van der Waals surface area contributed by atoms with Crippen LogP contribution in [-0.2, 0) is 0 Å². The van der Waals surface area contributed by atoms with Crippen molar-refractivity contribution < 1.29 is 4.74 Å². The molecule has 3 nitrogen and oxygen atoms in total. The SMILES string of the molecule is NC1CCN(c2ccccc2OCC2CCC2)CC1. The highest BCUT2D eigenvalue weighted by molar-refractivity contribution is 5.58. The van der Waals surface area contributed by atoms with E-state index in [1.807, 2.05) is 0 Å². The van der Waals surface area contributed by atoms with E-state index in [4.69, 9.17) is 10.5 Å². The van der Waals surface area contributed by atoms with E-state index in [1.165, 1.54) is 24.9 Å². The molecule has 0 aromatic heterocycles. The lowest BCUT2D eigenvalue weighted by Gasteiger charge is -2.33. The molecule has 0 radical (unpaired) electrons. The fourth-order valence-electron chi connectivity index (χ4n) is 2.85. The molecule has 1 aliphatic heterocycles. The second-order valence-corrected chi connectivity index (χ2v) is 5.90. The van der Waals surface area contributed by atoms with Crippen molar-refractivity contribution >= 4 is 5.69 Å². The van der Waals surface area contributed by atoms with Gasteiger partial charge in [-0.15, -0.1) is 0 Å². The van der Waals surface area contributed by atoms with Crippen LogP contribution in [0.5, 0.6) is 5.75 Å². The van der Waals surface area contributed by atoms with E-state index in [0.29, 0.717) is 6.04 Å². The van der Waals surface area contributed by atoms with Crippen LogP contribution in [0.1, 0.15) is 32.1 Å². The molecule has 19 heavy (non-hydrogen) atoms. The molecular weight excluding hydrogens is 236 g/mol. The minimum atomic E-state index is 0.374. The third-order valence-corrected chi connectivity index (χ3v) is 4.44. The van der Waals surface area contributed by atoms with Crippen LogP contribution in [0.2, 0.25) is 0 Å². The van der Waals surface area contributed by atoms with Gasteiger partial charge in [-0.25, -0.2) is 0 Å². The van der Waals surface area contributed by atoms with Crippen LogP contribution in [0.3, 0.4) is 0 Å². The number of piperidine rings is 1. The Balaban J connectivity index is 1.65. The molecule has 1 aromatic rings. The smallest absolute Gasteiger partial charge is 0.142 e. The maximum absolute atomic E-state index is 6.05. The highest BCUT2D eigenvalue weighted by Gasteiger charge is 2.21. The molecule has 1 heterocycles. The van der Waals surface area contributed by atoms with Crippen LogP contribution < -0.4 is 15.4 Å². The number of benzene rings is 1. The number of ether oxygens (including phenoxy) is 1. The van der Waals surface area contributed by atoms with Crippen molar-refractivity contribution in [1.29, 1.82) is 0 Å². The van der Waals surface area contributed by atoms with Gasteiger partial charge in [0.25, 0.3) is 0 Å². The Morgan fingerprint density at radius 3 is 2.53 bits per heavy atom. The van der Waals surface area contributed by atoms with Crippen molar-refractivity contribution in [3.8, 4) is 5.75 Å². The molecule has 0 spiro atoms. The molecule has 1 aliphatic carbocycles. The highest BCUT2D eigenvalue weighted by Crippen LogP contribution is 2.32. The van der Waals surface area contributed by atoms with Crippen molar-refractivity contribution in [2.75, 3.05) is 24.6 Å². The van der Waals surface area contributed by atoms with E-state index >= 15 is 0 Å². The lowest BCUT2D eigenvalue weighted by Crippen LogP contribution is -2.39. The molecule has 1 aromatic carbocycles. The Morgan fingerprint density at radius 2 is 1.84 bits per heavy atom. The predicted octanol–water partition coefficient (Wildman–Crippen LogP) is 2.79. The van der Waals surface area contributed by atoms with Crippen molar-refractivity contribution in [2.24, 2.45) is 11.7 Å². The summed E-state index contributed by atoms with van der Waals surface area (Å²) in [4.78, 5) is 2.42. The topological polar surface area (TPSA) is 38.5 Å². The fourth-order valence-corrected chi connectivity index (χ4v) is 2.85. The van der Waals surface area contributed by atoms with Gasteiger partial charge >= 0.3 is 0 Å². The molecule has 1 saturated carbocycles. The zero-order valence-corrected chi connectivity index (χ0v) is 11.6. The second-order valence-electron chi connectivity index (χ2n) is 5.90. The summed E-state index contributed by atoms with van der Waals surface area (Å²) in [5.41, 5.74) is 7.22. The van der Waals surface area contributed by atoms with Crippen LogP contribution >= 0.6 is 0 Å². The monoisotopic (exact) mass is 260 g/mol. The van der Waals surface area contributed by atoms with Gasteiger partial charge < -0.3 is 15.4 Å². The van der Waals surface area contributed by atoms with Gasteiger partial charge in [-0.2, -0.15) is 0 Å². The minimum Gasteiger partial charge on any atom is -0.491 e. The first-order chi connectivity index (χ1) is 9.33. The summed E-state index contributed by atoms with van der Waals surface area (Å²) in [6, 6.07) is 8.81. The standard InChI is InChI=1S/C16H24N2O/c17-14-8-10-18(11-9-14)15-6-1-2-7-16(15)19-12-13-4-3-5-13/h1-2,6-7,13-14H,3-5,8-12,17H2. The molecule has 2 fully saturated rings. The van der Waals surface area contributed by atoms with Crippen LogP contribution in [-0.4, -0.2) is 25.7 Å². The summed E-state index contributed by atoms with van der Waals surface area (Å²) in [5.74, 6) is 1.83. The lowest BCUT2D eigenvalue weighted by molar-refractivity contribution is 0.181. The van der Waals surface area contributed by atoms with Gasteiger partial charge in [-0.05, 0) is 43.7 Å². The van der Waals surface area contributed by atoms with E-state index in [2.05, 4.69) is 29.2 Å². The van der Waals surface area contributed by atoms with Crippen LogP contribution in [0, 0.1) is 5.92 Å². The Hall–Kier alpha value is -1.22. The number of nitrogens with zero attached hydrogens (tertiary/aromatic N) is 1. The average molecular weight is 260 g/mol. The first kappa shape index (κ1) is 12.8. The molecule has 0 atom stereocenters. The molecule has 3 heteroatoms. The Kier molecular flexibility index (Phi) is 3.92. The van der Waals surface area contributed by atoms with Crippen LogP contribution in [0.25, 0.3) is 0 Å². The number of hydrogen-bond donors (Lipinski definition) is 1. The zero-order chi connectivity index (χ0) is 13.1. The summed E-state index contributed by atoms with van der Waals surface area (Å²) in [5, 5.41) is 0. The molecule has 0 bridgehead atoms. The summed E-state index contributed by atoms with van der Waals surface area (Å²) >= 11 is 0. The zero-order valence-electron chi connectivity index (χ0n) is 11.6. The number of nitrogens with two attached hydrogens (primary N) is 1. The number of para-hydroxylation sites is 2. The van der Waals surface area contributed by atoms with Crippen molar-refractivity contribution in [1.82, 2.24) is 0 Å². The summed E-state index contributed by atoms with van der Waals surface area (Å²) < 4.78 is 6.05. The van der Waals surface area contributed by atoms with Crippen molar-refractivity contribution in [3.05, 3.63) is 24.3 Å². The molecule has 3 rings (SSSR count). The number of rotatable bonds is 4. The lowest BCUT2D eigenvalue weighted by atomic mass is 9.86. The molecule has 1 saturated heterocycles. The van der Waals surface area contributed by atoms with Crippen LogP contribution in [0.4, 0.5) is 5.69 Å². The van der Waals surface area contributed by atoms with Crippen molar-refractivity contribution in [2.45, 2.75) is 38.1 Å². The molecule has 0 amide bonds. The average Bonchev–Trinajstić information content (AvgIpc) is 2.39. The number of anilines is 1. The van der Waals surface area contributed by atoms with Gasteiger partial charge in [0.1, 0.15) is 5.75 Å². The Bertz CT molecular complexity index is 409. The summed E-state index contributed by atoms with van der Waals surface area (Å²) in [7, 11) is 0. The Morgan fingerprint density at radius 1 is 1.11 bits per heavy atom. The maximum atomic E-state index is 6.05. The predicted molar refractivity (Wildman–Crippen MR) is 78.7 cm³/mol. The summed E-state index contributed by atoms with van der Waals surface area (Å²) in [6.45, 7) is 2.97. The molecule has 2 N–H and O–H groups in total. The van der Waals surface area contributed by atoms with E-state index in [0.717, 1.165) is 44.2 Å². The number of hydrogen-bond acceptors (Lipinski definition) is 3. The molecule has 104 valence electrons. The van der Waals surface area contributed by atoms with Gasteiger partial charge in [-0.3, -0.25) is 0 Å². The van der Waals surface area contributed by atoms with Gasteiger partial charge in [-0.1, -0.05) is 18.6 Å². The third kappa shape index (κ3) is 3.03. The maximum Gasteiger partial charge on any atom is 0.142 e. The van der Waals surface area contributed by atoms with Crippen LogP contribution in [0.15, 0.2) is 24.3 Å². The van der Waals surface area contributed by atoms with E-state index in [9.17, 15) is 0 Å². The van der Waals surface area contributed by atoms with Gasteiger partial charge in [0, 0.05) is 19.1 Å². The van der Waals surface area contributed by atoms with Gasteiger partial charge in [0.15, 0.2) is 0 Å². The fraction of sp³-hybridized carbons (Fsp3) is 0.625. The molecule has 0 unspecified atom stereocenters. The summed E-state index contributed by atoms with van der Waals surface area (Å²) in [6.07, 6.45) is 6.20. The van der Waals surface area contributed by atoms with E-state index < -0.39 is 0 Å². The normalized spacial score (nSPS) is 21.2. The van der Waals surface area contributed by atoms with Crippen molar-refractivity contribution in [3.63, 3.8) is 0 Å². The molecule has 2 aliphatic rings. The van der Waals surface area contributed by atoms with E-state index in [1.54, 1.807) is 0 Å². The second kappa shape index (κ2) is 5.83. The molecular formula is C16H24N2O. The van der Waals surface area contributed by atoms with Gasteiger partial charge in [0.05, 0.1) is 12.3 Å². The quantitative estimate of drug-likeness (QED) is 0.904. The van der Waals surface area contributed by atoms with Gasteiger partial charge in [0.2, 0.25) is 0 Å². The third-order valence-electron chi connectivity index (χ3n) is 4.44. The Labute approximate surface area is 115 Å². The first-order valence-corrected chi connectivity index (χ1v) is 7.55.